The molecule has 0 spiro atoms. The van der Waals surface area contributed by atoms with Crippen molar-refractivity contribution in [3.8, 4) is 11.5 Å². The predicted octanol–water partition coefficient (Wildman–Crippen LogP) is 1.62. The van der Waals surface area contributed by atoms with E-state index < -0.39 is 6.29 Å². The number of carbonyl (C=O) groups is 2. The average Bonchev–Trinajstić information content (AvgIpc) is 3.56. The van der Waals surface area contributed by atoms with E-state index in [0.717, 1.165) is 11.3 Å². The van der Waals surface area contributed by atoms with Crippen molar-refractivity contribution in [3.05, 3.63) is 65.4 Å². The molecule has 1 aromatic heterocycles. The molecule has 3 atom stereocenters. The van der Waals surface area contributed by atoms with Gasteiger partial charge in [0.05, 0.1) is 17.3 Å². The number of fused-ring (bicyclic) bond motifs is 2. The zero-order valence-corrected chi connectivity index (χ0v) is 19.2. The van der Waals surface area contributed by atoms with Crippen LogP contribution < -0.4 is 35.9 Å². The molecule has 4 N–H and O–H groups in total. The van der Waals surface area contributed by atoms with Crippen LogP contribution in [0.4, 0.5) is 11.5 Å². The van der Waals surface area contributed by atoms with Crippen LogP contribution in [0, 0.1) is 19.8 Å². The summed E-state index contributed by atoms with van der Waals surface area (Å²) in [5.41, 5.74) is 6.54. The molecule has 2 saturated heterocycles. The van der Waals surface area contributed by atoms with Gasteiger partial charge in [0.25, 0.3) is 5.91 Å². The van der Waals surface area contributed by atoms with Gasteiger partial charge in [-0.2, -0.15) is 5.10 Å². The molecule has 2 amide bonds. The molecule has 2 fully saturated rings. The third kappa shape index (κ3) is 3.84. The molecule has 6 rings (SSSR count). The van der Waals surface area contributed by atoms with E-state index in [1.807, 2.05) is 37.1 Å². The fourth-order valence-corrected chi connectivity index (χ4v) is 4.65. The zero-order chi connectivity index (χ0) is 24.1. The molecule has 3 unspecified atom stereocenters. The second kappa shape index (κ2) is 8.29. The summed E-state index contributed by atoms with van der Waals surface area (Å²) in [6.45, 7) is 4.50. The summed E-state index contributed by atoms with van der Waals surface area (Å²) in [5, 5.41) is 15.9. The van der Waals surface area contributed by atoms with Crippen LogP contribution >= 0.6 is 0 Å². The number of aromatic nitrogens is 2. The highest BCUT2D eigenvalue weighted by Crippen LogP contribution is 2.33. The number of aryl methyl sites for hydroxylation is 2. The molecular weight excluding hydrogens is 450 g/mol. The number of hydrogen-bond donors (Lipinski definition) is 4. The number of carbonyl (C=O) groups excluding carboxylic acids is 2. The van der Waals surface area contributed by atoms with E-state index in [1.165, 1.54) is 0 Å². The van der Waals surface area contributed by atoms with Gasteiger partial charge in [0.1, 0.15) is 12.0 Å². The van der Waals surface area contributed by atoms with Crippen LogP contribution in [0.2, 0.25) is 0 Å². The molecule has 11 heteroatoms. The first kappa shape index (κ1) is 21.4. The van der Waals surface area contributed by atoms with Gasteiger partial charge >= 0.3 is 0 Å². The topological polar surface area (TPSA) is 122 Å². The van der Waals surface area contributed by atoms with Crippen molar-refractivity contribution < 1.29 is 19.1 Å². The summed E-state index contributed by atoms with van der Waals surface area (Å²) >= 11 is 0. The molecule has 4 heterocycles. The van der Waals surface area contributed by atoms with E-state index in [4.69, 9.17) is 9.47 Å². The van der Waals surface area contributed by atoms with Crippen molar-refractivity contribution in [2.75, 3.05) is 23.7 Å². The van der Waals surface area contributed by atoms with Crippen LogP contribution in [0.15, 0.2) is 48.5 Å². The fourth-order valence-electron chi connectivity index (χ4n) is 4.65. The quantitative estimate of drug-likeness (QED) is 0.449. The lowest BCUT2D eigenvalue weighted by molar-refractivity contribution is -0.129. The first-order valence-corrected chi connectivity index (χ1v) is 11.4. The third-order valence-electron chi connectivity index (χ3n) is 6.34. The van der Waals surface area contributed by atoms with E-state index in [0.29, 0.717) is 35.1 Å². The van der Waals surface area contributed by atoms with Gasteiger partial charge in [-0.15, -0.1) is 0 Å². The summed E-state index contributed by atoms with van der Waals surface area (Å²) in [6.07, 6.45) is -0.950. The highest BCUT2D eigenvalue weighted by atomic mass is 16.7. The molecule has 0 saturated carbocycles. The van der Waals surface area contributed by atoms with E-state index in [-0.39, 0.29) is 30.7 Å². The summed E-state index contributed by atoms with van der Waals surface area (Å²) in [4.78, 5) is 26.0. The highest BCUT2D eigenvalue weighted by molar-refractivity contribution is 6.04. The summed E-state index contributed by atoms with van der Waals surface area (Å²) < 4.78 is 12.3. The Morgan fingerprint density at radius 3 is 2.83 bits per heavy atom. The maximum absolute atomic E-state index is 13.0. The molecule has 3 aliphatic heterocycles. The Morgan fingerprint density at radius 1 is 1.11 bits per heavy atom. The monoisotopic (exact) mass is 475 g/mol. The zero-order valence-electron chi connectivity index (χ0n) is 19.2. The summed E-state index contributed by atoms with van der Waals surface area (Å²) in [5.74, 6) is 0.884. The molecular formula is C24H25N7O4. The van der Waals surface area contributed by atoms with E-state index in [1.54, 1.807) is 28.9 Å². The Hall–Kier alpha value is -4.09. The van der Waals surface area contributed by atoms with E-state index >= 15 is 0 Å². The lowest BCUT2D eigenvalue weighted by atomic mass is 10.0. The minimum atomic E-state index is -0.656. The Balaban J connectivity index is 1.25. The van der Waals surface area contributed by atoms with Crippen LogP contribution in [-0.2, 0) is 4.79 Å². The number of hydrogen-bond acceptors (Lipinski definition) is 8. The molecule has 3 aliphatic rings. The lowest BCUT2D eigenvalue weighted by Gasteiger charge is -2.37. The van der Waals surface area contributed by atoms with Gasteiger partial charge in [0, 0.05) is 18.2 Å². The molecule has 11 nitrogen and oxygen atoms in total. The first-order chi connectivity index (χ1) is 17.0. The maximum Gasteiger partial charge on any atom is 0.256 e. The minimum absolute atomic E-state index is 0.0948. The Labute approximate surface area is 201 Å². The van der Waals surface area contributed by atoms with Crippen LogP contribution in [0.25, 0.3) is 0 Å². The Morgan fingerprint density at radius 2 is 1.97 bits per heavy atom. The van der Waals surface area contributed by atoms with Crippen molar-refractivity contribution >= 4 is 23.3 Å². The van der Waals surface area contributed by atoms with Gasteiger partial charge in [-0.3, -0.25) is 19.9 Å². The fraction of sp³-hybridized carbons (Fsp3) is 0.292. The standard InChI is InChI=1S/C24H25N7O4/c1-13-4-3-5-16(8-13)30-21-17(11-25-30)23(33)28-24(27-21)31-20(9-14(2)29-31)26-22(32)15-6-7-18-19(10-15)35-12-34-18/h3-10,17,21,24-25,27H,11-12H2,1-2H3,(H,26,32)(H,28,33). The number of nitrogens with zero attached hydrogens (tertiary/aromatic N) is 3. The van der Waals surface area contributed by atoms with Crippen LogP contribution in [0.5, 0.6) is 11.5 Å². The van der Waals surface area contributed by atoms with Gasteiger partial charge in [-0.1, -0.05) is 12.1 Å². The molecule has 180 valence electrons. The average molecular weight is 476 g/mol. The van der Waals surface area contributed by atoms with Crippen molar-refractivity contribution in [2.24, 2.45) is 5.92 Å². The van der Waals surface area contributed by atoms with Crippen molar-refractivity contribution in [1.29, 1.82) is 0 Å². The van der Waals surface area contributed by atoms with Crippen LogP contribution in [0.3, 0.4) is 0 Å². The molecule has 0 radical (unpaired) electrons. The van der Waals surface area contributed by atoms with E-state index in [2.05, 4.69) is 32.5 Å². The SMILES string of the molecule is Cc1cccc(N2NCC3C(=O)NC(n4nc(C)cc4NC(=O)c4ccc5c(c4)OCO5)NC32)c1. The van der Waals surface area contributed by atoms with Crippen molar-refractivity contribution in [1.82, 2.24) is 25.8 Å². The highest BCUT2D eigenvalue weighted by Gasteiger charge is 2.45. The second-order valence-corrected chi connectivity index (χ2v) is 8.84. The number of nitrogens with one attached hydrogen (secondary N) is 4. The minimum Gasteiger partial charge on any atom is -0.454 e. The lowest BCUT2D eigenvalue weighted by Crippen LogP contribution is -2.61. The summed E-state index contributed by atoms with van der Waals surface area (Å²) in [7, 11) is 0. The predicted molar refractivity (Wildman–Crippen MR) is 127 cm³/mol. The molecule has 0 aliphatic carbocycles. The number of benzene rings is 2. The van der Waals surface area contributed by atoms with Gasteiger partial charge < -0.3 is 20.1 Å². The van der Waals surface area contributed by atoms with Gasteiger partial charge in [-0.25, -0.2) is 10.1 Å². The molecule has 3 aromatic rings. The van der Waals surface area contributed by atoms with E-state index in [9.17, 15) is 9.59 Å². The third-order valence-corrected chi connectivity index (χ3v) is 6.34. The Kier molecular flexibility index (Phi) is 5.08. The second-order valence-electron chi connectivity index (χ2n) is 8.84. The maximum atomic E-state index is 13.0. The number of rotatable bonds is 4. The van der Waals surface area contributed by atoms with Crippen LogP contribution in [0.1, 0.15) is 27.9 Å². The molecule has 0 bridgehead atoms. The van der Waals surface area contributed by atoms with Crippen LogP contribution in [-0.4, -0.2) is 41.1 Å². The van der Waals surface area contributed by atoms with Gasteiger partial charge in [0.15, 0.2) is 17.8 Å². The molecule has 35 heavy (non-hydrogen) atoms. The normalized spacial score (nSPS) is 22.6. The van der Waals surface area contributed by atoms with Crippen molar-refractivity contribution in [2.45, 2.75) is 26.3 Å². The first-order valence-electron chi connectivity index (χ1n) is 11.4. The number of hydrazine groups is 1. The Bertz CT molecular complexity index is 1320. The molecule has 2 aromatic carbocycles. The number of anilines is 2. The smallest absolute Gasteiger partial charge is 0.256 e. The van der Waals surface area contributed by atoms with Crippen molar-refractivity contribution in [3.63, 3.8) is 0 Å². The van der Waals surface area contributed by atoms with Gasteiger partial charge in [0.2, 0.25) is 12.7 Å². The summed E-state index contributed by atoms with van der Waals surface area (Å²) in [6, 6.07) is 14.9. The van der Waals surface area contributed by atoms with Gasteiger partial charge in [-0.05, 0) is 49.7 Å². The largest absolute Gasteiger partial charge is 0.454 e. The number of amides is 2. The number of ether oxygens (including phenoxy) is 2.